The van der Waals surface area contributed by atoms with Gasteiger partial charge in [0.15, 0.2) is 0 Å². The lowest BCUT2D eigenvalue weighted by Crippen LogP contribution is -2.25. The molecule has 0 saturated carbocycles. The lowest BCUT2D eigenvalue weighted by molar-refractivity contribution is -0.137. The molecule has 0 unspecified atom stereocenters. The van der Waals surface area contributed by atoms with Crippen molar-refractivity contribution in [2.45, 2.75) is 37.0 Å². The summed E-state index contributed by atoms with van der Waals surface area (Å²) >= 11 is 3.51. The molecule has 3 rings (SSSR count). The predicted octanol–water partition coefficient (Wildman–Crippen LogP) is 6.19. The van der Waals surface area contributed by atoms with E-state index in [1.807, 2.05) is 48.5 Å². The number of carboxylic acids is 1. The Hall–Kier alpha value is -2.81. The zero-order chi connectivity index (χ0) is 25.3. The average Bonchev–Trinajstić information content (AvgIpc) is 2.82. The van der Waals surface area contributed by atoms with E-state index in [1.54, 1.807) is 0 Å². The molecule has 3 aromatic carbocycles. The summed E-state index contributed by atoms with van der Waals surface area (Å²) in [4.78, 5) is 10.9. The summed E-state index contributed by atoms with van der Waals surface area (Å²) in [5.41, 5.74) is 4.18. The second-order valence-electron chi connectivity index (χ2n) is 8.07. The molecule has 2 N–H and O–H groups in total. The Morgan fingerprint density at radius 1 is 0.971 bits per heavy atom. The van der Waals surface area contributed by atoms with Gasteiger partial charge in [0.1, 0.15) is 5.82 Å². The van der Waals surface area contributed by atoms with Gasteiger partial charge >= 0.3 is 5.97 Å². The van der Waals surface area contributed by atoms with Crippen LogP contribution in [0.2, 0.25) is 0 Å². The smallest absolute Gasteiger partial charge is 0.303 e. The normalized spacial score (nSPS) is 12.0. The average molecular weight is 560 g/mol. The van der Waals surface area contributed by atoms with Crippen LogP contribution in [0.1, 0.15) is 42.4 Å². The molecule has 0 amide bonds. The van der Waals surface area contributed by atoms with Crippen LogP contribution in [-0.2, 0) is 21.2 Å². The Morgan fingerprint density at radius 2 is 1.69 bits per heavy atom. The van der Waals surface area contributed by atoms with Crippen LogP contribution in [0.3, 0.4) is 0 Å². The van der Waals surface area contributed by atoms with Gasteiger partial charge in [-0.15, -0.1) is 0 Å². The number of carboxylic acid groups (broad SMARTS) is 1. The van der Waals surface area contributed by atoms with Crippen molar-refractivity contribution in [2.75, 3.05) is 6.54 Å². The van der Waals surface area contributed by atoms with Crippen LogP contribution in [0.25, 0.3) is 5.57 Å². The number of benzene rings is 3. The van der Waals surface area contributed by atoms with Crippen molar-refractivity contribution < 1.29 is 22.7 Å². The third-order valence-electron chi connectivity index (χ3n) is 5.40. The van der Waals surface area contributed by atoms with Crippen LogP contribution in [0.4, 0.5) is 4.39 Å². The fourth-order valence-corrected chi connectivity index (χ4v) is 5.08. The number of aliphatic carboxylic acids is 1. The summed E-state index contributed by atoms with van der Waals surface area (Å²) in [5, 5.41) is 8.90. The lowest BCUT2D eigenvalue weighted by Gasteiger charge is -2.11. The minimum atomic E-state index is -3.66. The maximum Gasteiger partial charge on any atom is 0.303 e. The topological polar surface area (TPSA) is 83.5 Å². The van der Waals surface area contributed by atoms with Gasteiger partial charge in [0.05, 0.1) is 4.90 Å². The molecule has 0 aliphatic heterocycles. The van der Waals surface area contributed by atoms with Crippen molar-refractivity contribution in [1.82, 2.24) is 4.72 Å². The maximum atomic E-state index is 13.0. The summed E-state index contributed by atoms with van der Waals surface area (Å²) < 4.78 is 41.1. The van der Waals surface area contributed by atoms with Crippen LogP contribution < -0.4 is 4.72 Å². The Balaban J connectivity index is 1.62. The van der Waals surface area contributed by atoms with Gasteiger partial charge < -0.3 is 5.11 Å². The molecule has 0 fully saturated rings. The van der Waals surface area contributed by atoms with Crippen molar-refractivity contribution >= 4 is 37.5 Å². The molecule has 0 radical (unpaired) electrons. The van der Waals surface area contributed by atoms with Crippen LogP contribution in [0.15, 0.2) is 88.2 Å². The van der Waals surface area contributed by atoms with Crippen LogP contribution >= 0.6 is 15.9 Å². The molecule has 0 bridgehead atoms. The summed E-state index contributed by atoms with van der Waals surface area (Å²) in [7, 11) is -3.66. The monoisotopic (exact) mass is 559 g/mol. The standard InChI is InChI=1S/C27H27BrFNO4S/c28-23-7-3-6-22(19-23)26(8-1-2-9-27(31)32)21-12-10-20(11-13-21)5-4-18-30-35(33,34)25-16-14-24(29)15-17-25/h3,6-8,10-17,19,30H,1-2,4-5,9,18H2,(H,31,32)/b26-8+. The summed E-state index contributed by atoms with van der Waals surface area (Å²) in [6.07, 6.45) is 4.74. The summed E-state index contributed by atoms with van der Waals surface area (Å²) in [6.45, 7) is 0.272. The van der Waals surface area contributed by atoms with Gasteiger partial charge in [-0.2, -0.15) is 0 Å². The minimum absolute atomic E-state index is 0.0403. The van der Waals surface area contributed by atoms with Crippen LogP contribution in [-0.4, -0.2) is 26.0 Å². The third kappa shape index (κ3) is 8.42. The van der Waals surface area contributed by atoms with Gasteiger partial charge in [-0.05, 0) is 84.3 Å². The largest absolute Gasteiger partial charge is 0.481 e. The Bertz CT molecular complexity index is 1270. The molecule has 8 heteroatoms. The van der Waals surface area contributed by atoms with Crippen molar-refractivity contribution in [3.8, 4) is 0 Å². The van der Waals surface area contributed by atoms with E-state index < -0.39 is 21.8 Å². The quantitative estimate of drug-likeness (QED) is 0.259. The first-order chi connectivity index (χ1) is 16.7. The first-order valence-corrected chi connectivity index (χ1v) is 13.5. The molecule has 0 atom stereocenters. The van der Waals surface area contributed by atoms with Crippen molar-refractivity contribution in [2.24, 2.45) is 0 Å². The second-order valence-corrected chi connectivity index (χ2v) is 10.7. The van der Waals surface area contributed by atoms with E-state index in [0.29, 0.717) is 25.7 Å². The molecule has 184 valence electrons. The van der Waals surface area contributed by atoms with Gasteiger partial charge in [0.2, 0.25) is 10.0 Å². The molecule has 0 aromatic heterocycles. The number of halogens is 2. The Kier molecular flexibility index (Phi) is 9.77. The van der Waals surface area contributed by atoms with E-state index >= 15 is 0 Å². The molecule has 3 aromatic rings. The molecule has 0 heterocycles. The molecule has 0 aliphatic rings. The maximum absolute atomic E-state index is 13.0. The van der Waals surface area contributed by atoms with Crippen LogP contribution in [0, 0.1) is 5.82 Å². The Labute approximate surface area is 213 Å². The fourth-order valence-electron chi connectivity index (χ4n) is 3.61. The SMILES string of the molecule is O=C(O)CCC/C=C(\c1ccc(CCCNS(=O)(=O)c2ccc(F)cc2)cc1)c1cccc(Br)c1. The highest BCUT2D eigenvalue weighted by atomic mass is 79.9. The molecular weight excluding hydrogens is 533 g/mol. The number of carbonyl (C=O) groups is 1. The number of sulfonamides is 1. The van der Waals surface area contributed by atoms with E-state index in [4.69, 9.17) is 5.11 Å². The number of hydrogen-bond donors (Lipinski definition) is 2. The fraction of sp³-hybridized carbons (Fsp3) is 0.222. The van der Waals surface area contributed by atoms with Gasteiger partial charge in [0.25, 0.3) is 0 Å². The number of hydrogen-bond acceptors (Lipinski definition) is 3. The van der Waals surface area contributed by atoms with Crippen molar-refractivity contribution in [3.63, 3.8) is 0 Å². The van der Waals surface area contributed by atoms with Gasteiger partial charge in [-0.3, -0.25) is 4.79 Å². The number of unbranched alkanes of at least 4 members (excludes halogenated alkanes) is 1. The van der Waals surface area contributed by atoms with Crippen molar-refractivity contribution in [3.05, 3.63) is 106 Å². The number of nitrogens with one attached hydrogen (secondary N) is 1. The predicted molar refractivity (Wildman–Crippen MR) is 139 cm³/mol. The molecule has 0 saturated heterocycles. The number of allylic oxidation sites excluding steroid dienone is 1. The van der Waals surface area contributed by atoms with E-state index in [-0.39, 0.29) is 17.9 Å². The summed E-state index contributed by atoms with van der Waals surface area (Å²) in [6, 6.07) is 20.8. The van der Waals surface area contributed by atoms with Crippen LogP contribution in [0.5, 0.6) is 0 Å². The number of rotatable bonds is 12. The first-order valence-electron chi connectivity index (χ1n) is 11.3. The highest BCUT2D eigenvalue weighted by Crippen LogP contribution is 2.27. The molecule has 35 heavy (non-hydrogen) atoms. The lowest BCUT2D eigenvalue weighted by atomic mass is 9.95. The van der Waals surface area contributed by atoms with E-state index in [9.17, 15) is 17.6 Å². The molecule has 5 nitrogen and oxygen atoms in total. The van der Waals surface area contributed by atoms with Crippen molar-refractivity contribution in [1.29, 1.82) is 0 Å². The molecule has 0 spiro atoms. The third-order valence-corrected chi connectivity index (χ3v) is 7.37. The summed E-state index contributed by atoms with van der Waals surface area (Å²) in [5.74, 6) is -1.28. The second kappa shape index (κ2) is 12.8. The van der Waals surface area contributed by atoms with Gasteiger partial charge in [-0.1, -0.05) is 58.4 Å². The first kappa shape index (κ1) is 26.8. The molecule has 0 aliphatic carbocycles. The highest BCUT2D eigenvalue weighted by molar-refractivity contribution is 9.10. The van der Waals surface area contributed by atoms with E-state index in [2.05, 4.69) is 26.7 Å². The van der Waals surface area contributed by atoms with Gasteiger partial charge in [-0.25, -0.2) is 17.5 Å². The minimum Gasteiger partial charge on any atom is -0.481 e. The van der Waals surface area contributed by atoms with Gasteiger partial charge in [0, 0.05) is 17.4 Å². The number of aryl methyl sites for hydroxylation is 1. The van der Waals surface area contributed by atoms with E-state index in [1.165, 1.54) is 12.1 Å². The Morgan fingerprint density at radius 3 is 2.34 bits per heavy atom. The van der Waals surface area contributed by atoms with E-state index in [0.717, 1.165) is 38.9 Å². The highest BCUT2D eigenvalue weighted by Gasteiger charge is 2.13. The molecular formula is C27H27BrFNO4S. The zero-order valence-corrected chi connectivity index (χ0v) is 21.5. The zero-order valence-electron chi connectivity index (χ0n) is 19.1.